The van der Waals surface area contributed by atoms with Gasteiger partial charge < -0.3 is 5.73 Å². The van der Waals surface area contributed by atoms with Gasteiger partial charge in [0.1, 0.15) is 0 Å². The average Bonchev–Trinajstić information content (AvgIpc) is 2.25. The summed E-state index contributed by atoms with van der Waals surface area (Å²) in [5.41, 5.74) is 6.24. The summed E-state index contributed by atoms with van der Waals surface area (Å²) in [6.07, 6.45) is 12.6. The van der Waals surface area contributed by atoms with Crippen LogP contribution in [-0.4, -0.2) is 6.54 Å². The first kappa shape index (κ1) is 17.0. The Kier molecular flexibility index (Phi) is 9.91. The van der Waals surface area contributed by atoms with Crippen molar-refractivity contribution in [3.8, 4) is 0 Å². The Balaban J connectivity index is 3.38. The van der Waals surface area contributed by atoms with Crippen LogP contribution in [0.5, 0.6) is 0 Å². The quantitative estimate of drug-likeness (QED) is 0.527. The number of hydrogen-bond acceptors (Lipinski definition) is 1. The Bertz CT molecular complexity index is 157. The molecule has 0 aliphatic carbocycles. The minimum Gasteiger partial charge on any atom is -0.330 e. The summed E-state index contributed by atoms with van der Waals surface area (Å²) in [4.78, 5) is 0. The Morgan fingerprint density at radius 1 is 0.824 bits per heavy atom. The zero-order valence-electron chi connectivity index (χ0n) is 12.7. The maximum atomic E-state index is 5.85. The molecule has 0 aromatic carbocycles. The molecule has 0 rings (SSSR count). The number of nitrogens with two attached hydrogens (primary N) is 1. The van der Waals surface area contributed by atoms with Gasteiger partial charge in [-0.25, -0.2) is 0 Å². The van der Waals surface area contributed by atoms with E-state index in [1.165, 1.54) is 57.8 Å². The van der Waals surface area contributed by atoms with Gasteiger partial charge in [0.2, 0.25) is 0 Å². The second kappa shape index (κ2) is 9.94. The van der Waals surface area contributed by atoms with Crippen LogP contribution in [0.15, 0.2) is 0 Å². The maximum Gasteiger partial charge on any atom is -0.00439 e. The highest BCUT2D eigenvalue weighted by Crippen LogP contribution is 2.29. The van der Waals surface area contributed by atoms with E-state index in [9.17, 15) is 0 Å². The van der Waals surface area contributed by atoms with E-state index < -0.39 is 0 Å². The third-order valence-electron chi connectivity index (χ3n) is 3.92. The van der Waals surface area contributed by atoms with E-state index in [2.05, 4.69) is 27.7 Å². The average molecular weight is 241 g/mol. The second-order valence-corrected chi connectivity index (χ2v) is 6.56. The molecule has 2 N–H and O–H groups in total. The van der Waals surface area contributed by atoms with Crippen LogP contribution in [0.25, 0.3) is 0 Å². The Hall–Kier alpha value is -0.0400. The first-order chi connectivity index (χ1) is 8.02. The van der Waals surface area contributed by atoms with Gasteiger partial charge in [-0.05, 0) is 24.3 Å². The Morgan fingerprint density at radius 2 is 1.29 bits per heavy atom. The molecule has 0 saturated carbocycles. The van der Waals surface area contributed by atoms with Gasteiger partial charge >= 0.3 is 0 Å². The predicted molar refractivity (Wildman–Crippen MR) is 79.2 cm³/mol. The zero-order chi connectivity index (χ0) is 13.1. The number of unbranched alkanes of at least 4 members (excludes halogenated alkanes) is 7. The minimum atomic E-state index is 0.385. The molecule has 0 heterocycles. The summed E-state index contributed by atoms with van der Waals surface area (Å²) in [6, 6.07) is 0. The lowest BCUT2D eigenvalue weighted by Gasteiger charge is -2.29. The molecule has 0 amide bonds. The van der Waals surface area contributed by atoms with Gasteiger partial charge in [0.05, 0.1) is 0 Å². The lowest BCUT2D eigenvalue weighted by Crippen LogP contribution is -2.27. The molecule has 104 valence electrons. The molecule has 0 aliphatic heterocycles. The molecule has 0 spiro atoms. The molecule has 0 radical (unpaired) electrons. The van der Waals surface area contributed by atoms with Crippen LogP contribution < -0.4 is 5.73 Å². The summed E-state index contributed by atoms with van der Waals surface area (Å²) in [7, 11) is 0. The highest BCUT2D eigenvalue weighted by atomic mass is 14.6. The fourth-order valence-electron chi connectivity index (χ4n) is 2.43. The SMILES string of the molecule is CCCCCCCCCCC(CN)C(C)(C)C. The molecule has 0 aromatic heterocycles. The zero-order valence-corrected chi connectivity index (χ0v) is 12.7. The van der Waals surface area contributed by atoms with Gasteiger partial charge in [-0.15, -0.1) is 0 Å². The normalized spacial score (nSPS) is 13.9. The fourth-order valence-corrected chi connectivity index (χ4v) is 2.43. The van der Waals surface area contributed by atoms with Crippen LogP contribution in [0, 0.1) is 11.3 Å². The summed E-state index contributed by atoms with van der Waals surface area (Å²) in [5.74, 6) is 0.697. The molecular formula is C16H35N. The van der Waals surface area contributed by atoms with Crippen LogP contribution in [0.1, 0.15) is 85.5 Å². The molecule has 0 saturated heterocycles. The van der Waals surface area contributed by atoms with E-state index in [1.807, 2.05) is 0 Å². The van der Waals surface area contributed by atoms with Crippen LogP contribution in [0.2, 0.25) is 0 Å². The van der Waals surface area contributed by atoms with Crippen LogP contribution >= 0.6 is 0 Å². The Labute approximate surface area is 110 Å². The van der Waals surface area contributed by atoms with Gasteiger partial charge in [-0.3, -0.25) is 0 Å². The van der Waals surface area contributed by atoms with E-state index in [0.717, 1.165) is 6.54 Å². The first-order valence-corrected chi connectivity index (χ1v) is 7.72. The van der Waals surface area contributed by atoms with Crippen LogP contribution in [0.4, 0.5) is 0 Å². The molecule has 1 atom stereocenters. The molecule has 1 heteroatoms. The smallest absolute Gasteiger partial charge is 0.00439 e. The lowest BCUT2D eigenvalue weighted by atomic mass is 9.78. The van der Waals surface area contributed by atoms with Crippen molar-refractivity contribution in [1.82, 2.24) is 0 Å². The van der Waals surface area contributed by atoms with Crippen LogP contribution in [-0.2, 0) is 0 Å². The van der Waals surface area contributed by atoms with Crippen molar-refractivity contribution in [2.75, 3.05) is 6.54 Å². The van der Waals surface area contributed by atoms with Crippen molar-refractivity contribution in [3.05, 3.63) is 0 Å². The van der Waals surface area contributed by atoms with Crippen molar-refractivity contribution < 1.29 is 0 Å². The van der Waals surface area contributed by atoms with E-state index in [-0.39, 0.29) is 0 Å². The van der Waals surface area contributed by atoms with Crippen molar-refractivity contribution in [3.63, 3.8) is 0 Å². The second-order valence-electron chi connectivity index (χ2n) is 6.56. The van der Waals surface area contributed by atoms with Gasteiger partial charge in [0.25, 0.3) is 0 Å². The van der Waals surface area contributed by atoms with Gasteiger partial charge in [0, 0.05) is 0 Å². The standard InChI is InChI=1S/C16H35N/c1-5-6-7-8-9-10-11-12-13-15(14-17)16(2,3)4/h15H,5-14,17H2,1-4H3. The lowest BCUT2D eigenvalue weighted by molar-refractivity contribution is 0.227. The van der Waals surface area contributed by atoms with Gasteiger partial charge in [0.15, 0.2) is 0 Å². The topological polar surface area (TPSA) is 26.0 Å². The molecule has 1 unspecified atom stereocenters. The van der Waals surface area contributed by atoms with E-state index in [0.29, 0.717) is 11.3 Å². The van der Waals surface area contributed by atoms with E-state index in [4.69, 9.17) is 5.73 Å². The van der Waals surface area contributed by atoms with Crippen molar-refractivity contribution in [2.45, 2.75) is 85.5 Å². The molecule has 0 fully saturated rings. The van der Waals surface area contributed by atoms with Crippen molar-refractivity contribution in [2.24, 2.45) is 17.1 Å². The molecule has 0 aliphatic rings. The summed E-state index contributed by atoms with van der Waals surface area (Å²) in [6.45, 7) is 10.1. The summed E-state index contributed by atoms with van der Waals surface area (Å²) < 4.78 is 0. The third-order valence-corrected chi connectivity index (χ3v) is 3.92. The predicted octanol–water partition coefficient (Wildman–Crippen LogP) is 5.14. The highest BCUT2D eigenvalue weighted by molar-refractivity contribution is 4.74. The van der Waals surface area contributed by atoms with Crippen molar-refractivity contribution in [1.29, 1.82) is 0 Å². The van der Waals surface area contributed by atoms with Crippen LogP contribution in [0.3, 0.4) is 0 Å². The Morgan fingerprint density at radius 3 is 1.71 bits per heavy atom. The van der Waals surface area contributed by atoms with Crippen molar-refractivity contribution >= 4 is 0 Å². The number of rotatable bonds is 10. The highest BCUT2D eigenvalue weighted by Gasteiger charge is 2.22. The summed E-state index contributed by atoms with van der Waals surface area (Å²) in [5, 5.41) is 0. The molecule has 0 bridgehead atoms. The molecular weight excluding hydrogens is 206 g/mol. The fraction of sp³-hybridized carbons (Fsp3) is 1.00. The molecule has 17 heavy (non-hydrogen) atoms. The minimum absolute atomic E-state index is 0.385. The monoisotopic (exact) mass is 241 g/mol. The maximum absolute atomic E-state index is 5.85. The largest absolute Gasteiger partial charge is 0.330 e. The molecule has 1 nitrogen and oxygen atoms in total. The summed E-state index contributed by atoms with van der Waals surface area (Å²) >= 11 is 0. The molecule has 0 aromatic rings. The van der Waals surface area contributed by atoms with Gasteiger partial charge in [-0.1, -0.05) is 79.1 Å². The van der Waals surface area contributed by atoms with E-state index in [1.54, 1.807) is 0 Å². The van der Waals surface area contributed by atoms with E-state index >= 15 is 0 Å². The third kappa shape index (κ3) is 9.64. The number of hydrogen-bond donors (Lipinski definition) is 1. The van der Waals surface area contributed by atoms with Gasteiger partial charge in [-0.2, -0.15) is 0 Å². The first-order valence-electron chi connectivity index (χ1n) is 7.72.